The number of imide groups is 1. The number of nitrogens with zero attached hydrogens (tertiary/aromatic N) is 4. The van der Waals surface area contributed by atoms with Crippen molar-refractivity contribution < 1.29 is 14.3 Å². The van der Waals surface area contributed by atoms with Gasteiger partial charge < -0.3 is 10.1 Å². The molecule has 5 rings (SSSR count). The van der Waals surface area contributed by atoms with Crippen molar-refractivity contribution in [2.24, 2.45) is 0 Å². The molecule has 1 aromatic carbocycles. The zero-order chi connectivity index (χ0) is 20.8. The van der Waals surface area contributed by atoms with Crippen LogP contribution in [0.4, 0.5) is 5.95 Å². The number of halogens is 2. The van der Waals surface area contributed by atoms with Crippen LogP contribution in [0.3, 0.4) is 0 Å². The summed E-state index contributed by atoms with van der Waals surface area (Å²) < 4.78 is 7.33. The molecule has 1 aliphatic carbocycles. The second kappa shape index (κ2) is 7.26. The fourth-order valence-corrected chi connectivity index (χ4v) is 3.31. The van der Waals surface area contributed by atoms with Crippen LogP contribution >= 0.6 is 23.2 Å². The lowest BCUT2D eigenvalue weighted by atomic mass is 10.1. The molecular weight excluding hydrogens is 431 g/mol. The molecule has 3 aromatic rings. The fourth-order valence-electron chi connectivity index (χ4n) is 2.99. The van der Waals surface area contributed by atoms with E-state index in [-0.39, 0.29) is 18.3 Å². The highest BCUT2D eigenvalue weighted by molar-refractivity contribution is 6.34. The number of fused-ring (bicyclic) bond motifs is 1. The Kier molecular flexibility index (Phi) is 4.56. The Labute approximate surface area is 180 Å². The Hall–Kier alpha value is -3.17. The lowest BCUT2D eigenvalue weighted by Crippen LogP contribution is -2.19. The van der Waals surface area contributed by atoms with E-state index in [4.69, 9.17) is 27.9 Å². The van der Waals surface area contributed by atoms with Crippen LogP contribution in [0.25, 0.3) is 11.7 Å². The number of aromatic nitrogens is 4. The first-order valence-electron chi connectivity index (χ1n) is 9.16. The van der Waals surface area contributed by atoms with Crippen molar-refractivity contribution in [1.82, 2.24) is 24.9 Å². The van der Waals surface area contributed by atoms with Gasteiger partial charge in [-0.2, -0.15) is 19.6 Å². The average Bonchev–Trinajstić information content (AvgIpc) is 3.34. The third kappa shape index (κ3) is 3.69. The predicted molar refractivity (Wildman–Crippen MR) is 110 cm³/mol. The van der Waals surface area contributed by atoms with Crippen LogP contribution in [0.15, 0.2) is 30.0 Å². The molecule has 2 aromatic heterocycles. The van der Waals surface area contributed by atoms with Crippen molar-refractivity contribution in [2.75, 3.05) is 5.32 Å². The molecule has 3 heterocycles. The van der Waals surface area contributed by atoms with E-state index in [1.165, 1.54) is 4.52 Å². The molecule has 1 saturated carbocycles. The second-order valence-electron chi connectivity index (χ2n) is 6.98. The Morgan fingerprint density at radius 1 is 1.23 bits per heavy atom. The van der Waals surface area contributed by atoms with Gasteiger partial charge in [0, 0.05) is 28.3 Å². The van der Waals surface area contributed by atoms with Crippen molar-refractivity contribution in [1.29, 1.82) is 0 Å². The topological polar surface area (TPSA) is 111 Å². The quantitative estimate of drug-likeness (QED) is 0.458. The lowest BCUT2D eigenvalue weighted by molar-refractivity contribution is -0.124. The summed E-state index contributed by atoms with van der Waals surface area (Å²) in [5.74, 6) is -0.00157. The number of carbonyl (C=O) groups is 2. The van der Waals surface area contributed by atoms with Gasteiger partial charge in [0.05, 0.1) is 17.6 Å². The number of benzene rings is 1. The summed E-state index contributed by atoms with van der Waals surface area (Å²) in [6.45, 7) is 0. The number of amides is 2. The molecule has 0 radical (unpaired) electrons. The molecule has 2 aliphatic rings. The first kappa shape index (κ1) is 18.8. The first-order chi connectivity index (χ1) is 14.5. The molecule has 30 heavy (non-hydrogen) atoms. The summed E-state index contributed by atoms with van der Waals surface area (Å²) in [4.78, 5) is 32.3. The molecule has 9 nitrogen and oxygen atoms in total. The van der Waals surface area contributed by atoms with Crippen molar-refractivity contribution in [2.45, 2.75) is 25.3 Å². The van der Waals surface area contributed by atoms with Gasteiger partial charge in [0.2, 0.25) is 11.9 Å². The summed E-state index contributed by atoms with van der Waals surface area (Å²) in [5, 5.41) is 10.7. The number of nitrogens with one attached hydrogen (secondary N) is 2. The third-order valence-electron chi connectivity index (χ3n) is 4.61. The van der Waals surface area contributed by atoms with Crippen LogP contribution in [0.1, 0.15) is 24.8 Å². The minimum absolute atomic E-state index is 0.00984. The highest BCUT2D eigenvalue weighted by Gasteiger charge is 2.26. The van der Waals surface area contributed by atoms with Crippen LogP contribution in [0.2, 0.25) is 10.0 Å². The van der Waals surface area contributed by atoms with E-state index in [1.807, 2.05) is 0 Å². The van der Waals surface area contributed by atoms with Gasteiger partial charge in [0.25, 0.3) is 5.91 Å². The van der Waals surface area contributed by atoms with Gasteiger partial charge >= 0.3 is 6.01 Å². The number of ether oxygens (including phenoxy) is 1. The molecule has 2 amide bonds. The van der Waals surface area contributed by atoms with Crippen LogP contribution in [0.5, 0.6) is 11.8 Å². The Balaban J connectivity index is 1.59. The molecule has 0 atom stereocenters. The van der Waals surface area contributed by atoms with Gasteiger partial charge in [-0.05, 0) is 31.1 Å². The van der Waals surface area contributed by atoms with Gasteiger partial charge in [0.1, 0.15) is 0 Å². The highest BCUT2D eigenvalue weighted by Crippen LogP contribution is 2.32. The normalized spacial score (nSPS) is 17.6. The summed E-state index contributed by atoms with van der Waals surface area (Å²) in [6.07, 6.45) is 5.22. The molecule has 0 unspecified atom stereocenters. The van der Waals surface area contributed by atoms with E-state index in [0.717, 1.165) is 12.8 Å². The maximum absolute atomic E-state index is 11.9. The molecule has 1 aliphatic heterocycles. The maximum atomic E-state index is 11.9. The highest BCUT2D eigenvalue weighted by atomic mass is 35.5. The number of rotatable bonds is 5. The Bertz CT molecular complexity index is 1230. The minimum Gasteiger partial charge on any atom is -0.423 e. The first-order valence-corrected chi connectivity index (χ1v) is 9.92. The number of carbonyl (C=O) groups excluding carboxylic acids is 2. The smallest absolute Gasteiger partial charge is 0.327 e. The molecule has 2 N–H and O–H groups in total. The number of hydrogen-bond donors (Lipinski definition) is 2. The third-order valence-corrected chi connectivity index (χ3v) is 5.15. The van der Waals surface area contributed by atoms with Crippen LogP contribution in [-0.2, 0) is 9.59 Å². The predicted octanol–water partition coefficient (Wildman–Crippen LogP) is 3.23. The molecule has 152 valence electrons. The van der Waals surface area contributed by atoms with E-state index in [9.17, 15) is 9.59 Å². The number of hydrogen-bond acceptors (Lipinski definition) is 7. The van der Waals surface area contributed by atoms with E-state index < -0.39 is 5.91 Å². The molecule has 11 heteroatoms. The van der Waals surface area contributed by atoms with Gasteiger partial charge in [-0.15, -0.1) is 0 Å². The number of anilines is 1. The van der Waals surface area contributed by atoms with Crippen LogP contribution in [-0.4, -0.2) is 37.4 Å². The summed E-state index contributed by atoms with van der Waals surface area (Å²) >= 11 is 12.2. The van der Waals surface area contributed by atoms with E-state index in [0.29, 0.717) is 44.6 Å². The molecule has 1 saturated heterocycles. The van der Waals surface area contributed by atoms with Crippen molar-refractivity contribution in [3.05, 3.63) is 45.6 Å². The standard InChI is InChI=1S/C19H14Cl2N6O3/c20-11-1-4-13(21)14(7-11)30-19-25-16-10(5-9-6-15(28)24-17(9)29)8-22-27(16)18(26-19)23-12-2-3-12/h1,4-5,7-8,12H,2-3,6H2,(H,23,25,26)(H,24,28,29)/b9-5+. The van der Waals surface area contributed by atoms with Crippen molar-refractivity contribution in [3.63, 3.8) is 0 Å². The Morgan fingerprint density at radius 3 is 2.80 bits per heavy atom. The molecule has 0 spiro atoms. The van der Waals surface area contributed by atoms with Crippen molar-refractivity contribution >= 4 is 52.7 Å². The largest absolute Gasteiger partial charge is 0.423 e. The average molecular weight is 445 g/mol. The monoisotopic (exact) mass is 444 g/mol. The molecule has 2 fully saturated rings. The zero-order valence-electron chi connectivity index (χ0n) is 15.4. The van der Waals surface area contributed by atoms with E-state index in [2.05, 4.69) is 25.7 Å². The van der Waals surface area contributed by atoms with Crippen LogP contribution in [0, 0.1) is 0 Å². The lowest BCUT2D eigenvalue weighted by Gasteiger charge is -2.10. The van der Waals surface area contributed by atoms with Gasteiger partial charge in [-0.1, -0.05) is 23.2 Å². The van der Waals surface area contributed by atoms with Gasteiger partial charge in [-0.25, -0.2) is 0 Å². The molecular formula is C19H14Cl2N6O3. The fraction of sp³-hybridized carbons (Fsp3) is 0.211. The van der Waals surface area contributed by atoms with E-state index in [1.54, 1.807) is 30.5 Å². The van der Waals surface area contributed by atoms with Crippen LogP contribution < -0.4 is 15.4 Å². The summed E-state index contributed by atoms with van der Waals surface area (Å²) in [5.41, 5.74) is 1.31. The zero-order valence-corrected chi connectivity index (χ0v) is 16.9. The van der Waals surface area contributed by atoms with Crippen molar-refractivity contribution in [3.8, 4) is 11.8 Å². The summed E-state index contributed by atoms with van der Waals surface area (Å²) in [7, 11) is 0. The maximum Gasteiger partial charge on any atom is 0.327 e. The molecule has 0 bridgehead atoms. The van der Waals surface area contributed by atoms with Gasteiger partial charge in [-0.3, -0.25) is 14.9 Å². The van der Waals surface area contributed by atoms with Gasteiger partial charge in [0.15, 0.2) is 11.4 Å². The van der Waals surface area contributed by atoms with E-state index >= 15 is 0 Å². The SMILES string of the molecule is O=C1C/C(=C\c2cnn3c(NC4CC4)nc(Oc4cc(Cl)ccc4Cl)nc23)C(=O)N1. The minimum atomic E-state index is -0.424. The Morgan fingerprint density at radius 2 is 2.07 bits per heavy atom. The second-order valence-corrected chi connectivity index (χ2v) is 7.83. The summed E-state index contributed by atoms with van der Waals surface area (Å²) in [6, 6.07) is 5.18.